The van der Waals surface area contributed by atoms with Crippen LogP contribution in [0.2, 0.25) is 0 Å². The van der Waals surface area contributed by atoms with Crippen LogP contribution in [0.5, 0.6) is 0 Å². The summed E-state index contributed by atoms with van der Waals surface area (Å²) in [6, 6.07) is 0. The van der Waals surface area contributed by atoms with Gasteiger partial charge in [0, 0.05) is 4.88 Å². The van der Waals surface area contributed by atoms with Crippen LogP contribution in [-0.4, -0.2) is 25.8 Å². The van der Waals surface area contributed by atoms with Crippen molar-refractivity contribution in [2.45, 2.75) is 45.2 Å². The van der Waals surface area contributed by atoms with Crippen LogP contribution in [0, 0.1) is 16.1 Å². The van der Waals surface area contributed by atoms with Crippen LogP contribution in [0.25, 0.3) is 15.9 Å². The molecule has 1 N–H and O–H groups in total. The molecule has 1 aliphatic rings. The lowest BCUT2D eigenvalue weighted by Crippen LogP contribution is -2.26. The average Bonchev–Trinajstić information content (AvgIpc) is 3.05. The first kappa shape index (κ1) is 15.6. The van der Waals surface area contributed by atoms with Gasteiger partial charge in [0.05, 0.1) is 5.39 Å². The molecule has 3 heterocycles. The van der Waals surface area contributed by atoms with Crippen molar-refractivity contribution in [1.82, 2.24) is 19.6 Å². The second-order valence-electron chi connectivity index (χ2n) is 7.28. The topological polar surface area (TPSA) is 46.0 Å². The Labute approximate surface area is 148 Å². The minimum absolute atomic E-state index is 0.357. The van der Waals surface area contributed by atoms with Crippen molar-refractivity contribution in [1.29, 1.82) is 0 Å². The van der Waals surface area contributed by atoms with Gasteiger partial charge >= 0.3 is 0 Å². The fourth-order valence-electron chi connectivity index (χ4n) is 3.54. The summed E-state index contributed by atoms with van der Waals surface area (Å²) in [6.07, 6.45) is 5.55. The van der Waals surface area contributed by atoms with Crippen LogP contribution in [0.3, 0.4) is 0 Å². The molecule has 0 fully saturated rings. The van der Waals surface area contributed by atoms with Crippen molar-refractivity contribution in [2.24, 2.45) is 11.3 Å². The number of aromatic amines is 1. The van der Waals surface area contributed by atoms with E-state index in [1.165, 1.54) is 22.2 Å². The van der Waals surface area contributed by atoms with Gasteiger partial charge in [-0.15, -0.1) is 11.3 Å². The van der Waals surface area contributed by atoms with Crippen molar-refractivity contribution >= 4 is 51.2 Å². The van der Waals surface area contributed by atoms with Crippen LogP contribution in [0.15, 0.2) is 5.16 Å². The number of thioether (sulfide) groups is 1. The smallest absolute Gasteiger partial charge is 0.201 e. The molecule has 0 aromatic carbocycles. The summed E-state index contributed by atoms with van der Waals surface area (Å²) in [6.45, 7) is 7.06. The van der Waals surface area contributed by atoms with Crippen molar-refractivity contribution in [3.05, 3.63) is 15.2 Å². The lowest BCUT2D eigenvalue weighted by molar-refractivity contribution is 0.218. The zero-order valence-electron chi connectivity index (χ0n) is 13.8. The van der Waals surface area contributed by atoms with Crippen molar-refractivity contribution < 1.29 is 0 Å². The molecule has 4 rings (SSSR count). The summed E-state index contributed by atoms with van der Waals surface area (Å²) in [5.74, 6) is 0.736. The minimum atomic E-state index is 0.357. The van der Waals surface area contributed by atoms with Crippen molar-refractivity contribution in [3.8, 4) is 0 Å². The van der Waals surface area contributed by atoms with Gasteiger partial charge in [0.25, 0.3) is 0 Å². The van der Waals surface area contributed by atoms with Gasteiger partial charge in [0.2, 0.25) is 4.77 Å². The zero-order chi connectivity index (χ0) is 16.4. The first-order valence-electron chi connectivity index (χ1n) is 7.85. The number of nitrogens with one attached hydrogen (secondary N) is 1. The number of hydrogen-bond donors (Lipinski definition) is 1. The molecule has 0 bridgehead atoms. The van der Waals surface area contributed by atoms with E-state index in [2.05, 4.69) is 31.0 Å². The quantitative estimate of drug-likeness (QED) is 0.380. The van der Waals surface area contributed by atoms with Gasteiger partial charge in [-0.3, -0.25) is 5.10 Å². The van der Waals surface area contributed by atoms with Crippen LogP contribution >= 0.6 is 35.3 Å². The largest absolute Gasteiger partial charge is 0.251 e. The molecular formula is C16H20N4S3. The standard InChI is InChI=1S/C16H20N4S3/c1-16(2,3)8-5-6-9-10(7-8)23-13-11(9)12-18-19-14(21)20(12)15(17-13)22-4/h8H,5-7H2,1-4H3,(H,19,21). The molecule has 1 atom stereocenters. The zero-order valence-corrected chi connectivity index (χ0v) is 16.2. The minimum Gasteiger partial charge on any atom is -0.251 e. The van der Waals surface area contributed by atoms with Crippen LogP contribution < -0.4 is 0 Å². The van der Waals surface area contributed by atoms with E-state index in [0.29, 0.717) is 10.2 Å². The van der Waals surface area contributed by atoms with E-state index in [1.807, 2.05) is 22.0 Å². The molecule has 122 valence electrons. The maximum atomic E-state index is 5.40. The summed E-state index contributed by atoms with van der Waals surface area (Å²) in [5, 5.41) is 9.57. The third kappa shape index (κ3) is 2.36. The van der Waals surface area contributed by atoms with E-state index in [9.17, 15) is 0 Å². The summed E-state index contributed by atoms with van der Waals surface area (Å²) >= 11 is 8.86. The highest BCUT2D eigenvalue weighted by Gasteiger charge is 2.32. The maximum absolute atomic E-state index is 5.40. The molecule has 4 nitrogen and oxygen atoms in total. The number of aromatic nitrogens is 4. The van der Waals surface area contributed by atoms with E-state index >= 15 is 0 Å². The molecule has 0 amide bonds. The third-order valence-electron chi connectivity index (χ3n) is 4.94. The van der Waals surface area contributed by atoms with Gasteiger partial charge in [-0.1, -0.05) is 32.5 Å². The second kappa shape index (κ2) is 5.29. The average molecular weight is 365 g/mol. The molecule has 0 saturated carbocycles. The predicted molar refractivity (Wildman–Crippen MR) is 100 cm³/mol. The summed E-state index contributed by atoms with van der Waals surface area (Å²) in [5.41, 5.74) is 2.75. The molecule has 3 aromatic heterocycles. The fourth-order valence-corrected chi connectivity index (χ4v) is 5.71. The van der Waals surface area contributed by atoms with Gasteiger partial charge in [0.1, 0.15) is 4.83 Å². The first-order chi connectivity index (χ1) is 10.9. The number of aryl methyl sites for hydroxylation is 1. The third-order valence-corrected chi connectivity index (χ3v) is 7.00. The molecule has 23 heavy (non-hydrogen) atoms. The summed E-state index contributed by atoms with van der Waals surface area (Å²) in [7, 11) is 0. The van der Waals surface area contributed by atoms with E-state index in [4.69, 9.17) is 17.2 Å². The predicted octanol–water partition coefficient (Wildman–Crippen LogP) is 4.87. The Morgan fingerprint density at radius 2 is 2.17 bits per heavy atom. The lowest BCUT2D eigenvalue weighted by Gasteiger charge is -2.33. The molecule has 0 radical (unpaired) electrons. The number of fused-ring (bicyclic) bond motifs is 5. The number of H-pyrrole nitrogens is 1. The van der Waals surface area contributed by atoms with E-state index in [1.54, 1.807) is 11.8 Å². The van der Waals surface area contributed by atoms with Crippen molar-refractivity contribution in [3.63, 3.8) is 0 Å². The van der Waals surface area contributed by atoms with Gasteiger partial charge in [0.15, 0.2) is 10.8 Å². The van der Waals surface area contributed by atoms with Crippen LogP contribution in [-0.2, 0) is 12.8 Å². The summed E-state index contributed by atoms with van der Waals surface area (Å²) < 4.78 is 2.60. The molecule has 0 spiro atoms. The Bertz CT molecular complexity index is 958. The van der Waals surface area contributed by atoms with Crippen molar-refractivity contribution in [2.75, 3.05) is 6.26 Å². The second-order valence-corrected chi connectivity index (χ2v) is 9.52. The molecule has 0 aliphatic heterocycles. The highest BCUT2D eigenvalue weighted by Crippen LogP contribution is 2.44. The number of nitrogens with zero attached hydrogens (tertiary/aromatic N) is 3. The maximum Gasteiger partial charge on any atom is 0.201 e. The van der Waals surface area contributed by atoms with Crippen LogP contribution in [0.1, 0.15) is 37.6 Å². The van der Waals surface area contributed by atoms with Crippen LogP contribution in [0.4, 0.5) is 0 Å². The number of thiophene rings is 1. The molecule has 1 unspecified atom stereocenters. The Morgan fingerprint density at radius 3 is 2.87 bits per heavy atom. The SMILES string of the molecule is CSc1nc2sc3c(c2c2n[nH]c(=S)n12)CCC(C(C)(C)C)C3. The lowest BCUT2D eigenvalue weighted by atomic mass is 9.72. The first-order valence-corrected chi connectivity index (χ1v) is 10.3. The Hall–Kier alpha value is -0.920. The Kier molecular flexibility index (Phi) is 3.59. The fraction of sp³-hybridized carbons (Fsp3) is 0.562. The molecular weight excluding hydrogens is 344 g/mol. The Morgan fingerprint density at radius 1 is 1.39 bits per heavy atom. The Balaban J connectivity index is 1.98. The van der Waals surface area contributed by atoms with E-state index in [0.717, 1.165) is 34.4 Å². The monoisotopic (exact) mass is 364 g/mol. The molecule has 0 saturated heterocycles. The molecule has 3 aromatic rings. The highest BCUT2D eigenvalue weighted by atomic mass is 32.2. The normalized spacial score (nSPS) is 18.7. The molecule has 7 heteroatoms. The molecule has 1 aliphatic carbocycles. The van der Waals surface area contributed by atoms with Gasteiger partial charge in [-0.2, -0.15) is 5.10 Å². The van der Waals surface area contributed by atoms with E-state index in [-0.39, 0.29) is 0 Å². The van der Waals surface area contributed by atoms with E-state index < -0.39 is 0 Å². The number of hydrogen-bond acceptors (Lipinski definition) is 5. The summed E-state index contributed by atoms with van der Waals surface area (Å²) in [4.78, 5) is 7.47. The van der Waals surface area contributed by atoms with Gasteiger partial charge in [-0.25, -0.2) is 9.38 Å². The highest BCUT2D eigenvalue weighted by molar-refractivity contribution is 7.98. The number of rotatable bonds is 1. The van der Waals surface area contributed by atoms with Gasteiger partial charge in [-0.05, 0) is 54.6 Å². The van der Waals surface area contributed by atoms with Gasteiger partial charge < -0.3 is 0 Å².